The fraction of sp³-hybridized carbons (Fsp3) is 0.500. The van der Waals surface area contributed by atoms with E-state index in [0.717, 1.165) is 24.8 Å². The van der Waals surface area contributed by atoms with Gasteiger partial charge in [-0.05, 0) is 42.5 Å². The fourth-order valence-electron chi connectivity index (χ4n) is 2.20. The molecule has 0 heterocycles. The number of esters is 1. The Morgan fingerprint density at radius 2 is 2.33 bits per heavy atom. The first-order chi connectivity index (χ1) is 8.70. The standard InChI is InChI=1S/C14H18O4/c1-17-14(16)7-8-18-11-6-5-10-3-2-4-13(15)12(10)9-11/h5-6,9,13,15H,2-4,7-8H2,1H3/t13-/m0/s1. The van der Waals surface area contributed by atoms with E-state index in [1.165, 1.54) is 12.7 Å². The number of methoxy groups -OCH3 is 1. The molecular formula is C14H18O4. The van der Waals surface area contributed by atoms with Crippen molar-refractivity contribution in [3.8, 4) is 5.75 Å². The largest absolute Gasteiger partial charge is 0.493 e. The molecule has 0 fully saturated rings. The monoisotopic (exact) mass is 250 g/mol. The Morgan fingerprint density at radius 3 is 3.11 bits per heavy atom. The van der Waals surface area contributed by atoms with Crippen LogP contribution in [0.25, 0.3) is 0 Å². The number of aryl methyl sites for hydroxylation is 1. The van der Waals surface area contributed by atoms with Crippen LogP contribution in [0, 0.1) is 0 Å². The van der Waals surface area contributed by atoms with E-state index >= 15 is 0 Å². The molecule has 0 radical (unpaired) electrons. The second-order valence-corrected chi connectivity index (χ2v) is 4.44. The third-order valence-electron chi connectivity index (χ3n) is 3.20. The van der Waals surface area contributed by atoms with Gasteiger partial charge in [0.2, 0.25) is 0 Å². The molecule has 0 saturated heterocycles. The van der Waals surface area contributed by atoms with Crippen LogP contribution < -0.4 is 4.74 Å². The highest BCUT2D eigenvalue weighted by atomic mass is 16.5. The maximum atomic E-state index is 10.9. The molecule has 18 heavy (non-hydrogen) atoms. The van der Waals surface area contributed by atoms with Crippen LogP contribution in [-0.4, -0.2) is 24.8 Å². The van der Waals surface area contributed by atoms with Crippen LogP contribution in [0.1, 0.15) is 36.5 Å². The van der Waals surface area contributed by atoms with Gasteiger partial charge in [-0.2, -0.15) is 0 Å². The molecule has 4 heteroatoms. The number of hydrogen-bond donors (Lipinski definition) is 1. The summed E-state index contributed by atoms with van der Waals surface area (Å²) in [5.74, 6) is 0.409. The maximum absolute atomic E-state index is 10.9. The molecule has 1 N–H and O–H groups in total. The average molecular weight is 250 g/mol. The van der Waals surface area contributed by atoms with Crippen molar-refractivity contribution in [3.05, 3.63) is 29.3 Å². The minimum Gasteiger partial charge on any atom is -0.493 e. The van der Waals surface area contributed by atoms with Crippen LogP contribution in [0.15, 0.2) is 18.2 Å². The van der Waals surface area contributed by atoms with E-state index in [1.807, 2.05) is 18.2 Å². The van der Waals surface area contributed by atoms with Crippen molar-refractivity contribution in [2.24, 2.45) is 0 Å². The number of fused-ring (bicyclic) bond motifs is 1. The summed E-state index contributed by atoms with van der Waals surface area (Å²) in [7, 11) is 1.36. The Labute approximate surface area is 107 Å². The van der Waals surface area contributed by atoms with Crippen LogP contribution in [-0.2, 0) is 16.0 Å². The van der Waals surface area contributed by atoms with E-state index in [1.54, 1.807) is 0 Å². The number of carbonyl (C=O) groups excluding carboxylic acids is 1. The summed E-state index contributed by atoms with van der Waals surface area (Å²) in [5.41, 5.74) is 2.14. The number of carbonyl (C=O) groups is 1. The van der Waals surface area contributed by atoms with Crippen molar-refractivity contribution >= 4 is 5.97 Å². The van der Waals surface area contributed by atoms with Gasteiger partial charge in [-0.25, -0.2) is 0 Å². The van der Waals surface area contributed by atoms with Crippen molar-refractivity contribution in [3.63, 3.8) is 0 Å². The lowest BCUT2D eigenvalue weighted by atomic mass is 9.89. The van der Waals surface area contributed by atoms with Gasteiger partial charge in [-0.15, -0.1) is 0 Å². The zero-order valence-corrected chi connectivity index (χ0v) is 10.5. The summed E-state index contributed by atoms with van der Waals surface area (Å²) in [4.78, 5) is 10.9. The summed E-state index contributed by atoms with van der Waals surface area (Å²) < 4.78 is 10.0. The molecule has 0 spiro atoms. The Morgan fingerprint density at radius 1 is 1.50 bits per heavy atom. The molecular weight excluding hydrogens is 232 g/mol. The Kier molecular flexibility index (Phi) is 4.20. The summed E-state index contributed by atoms with van der Waals surface area (Å²) >= 11 is 0. The first-order valence-corrected chi connectivity index (χ1v) is 6.21. The molecule has 0 aliphatic heterocycles. The number of aliphatic hydroxyl groups excluding tert-OH is 1. The smallest absolute Gasteiger partial charge is 0.308 e. The van der Waals surface area contributed by atoms with Crippen LogP contribution in [0.5, 0.6) is 5.75 Å². The summed E-state index contributed by atoms with van der Waals surface area (Å²) in [6.45, 7) is 0.293. The zero-order chi connectivity index (χ0) is 13.0. The van der Waals surface area contributed by atoms with E-state index in [-0.39, 0.29) is 12.4 Å². The third kappa shape index (κ3) is 3.01. The molecule has 1 aliphatic carbocycles. The second-order valence-electron chi connectivity index (χ2n) is 4.44. The number of benzene rings is 1. The predicted molar refractivity (Wildman–Crippen MR) is 66.5 cm³/mol. The van der Waals surface area contributed by atoms with Crippen molar-refractivity contribution in [1.29, 1.82) is 0 Å². The average Bonchev–Trinajstić information content (AvgIpc) is 2.39. The molecule has 2 rings (SSSR count). The van der Waals surface area contributed by atoms with Gasteiger partial charge in [-0.1, -0.05) is 6.07 Å². The summed E-state index contributed by atoms with van der Waals surface area (Å²) in [6.07, 6.45) is 2.68. The third-order valence-corrected chi connectivity index (χ3v) is 3.20. The molecule has 98 valence electrons. The maximum Gasteiger partial charge on any atom is 0.308 e. The lowest BCUT2D eigenvalue weighted by Gasteiger charge is -2.21. The lowest BCUT2D eigenvalue weighted by Crippen LogP contribution is -2.10. The number of ether oxygens (including phenoxy) is 2. The number of hydrogen-bond acceptors (Lipinski definition) is 4. The normalized spacial score (nSPS) is 18.0. The second kappa shape index (κ2) is 5.87. The summed E-state index contributed by atoms with van der Waals surface area (Å²) in [5, 5.41) is 9.91. The molecule has 1 aromatic carbocycles. The van der Waals surface area contributed by atoms with E-state index in [2.05, 4.69) is 4.74 Å². The first-order valence-electron chi connectivity index (χ1n) is 6.21. The topological polar surface area (TPSA) is 55.8 Å². The Balaban J connectivity index is 1.98. The highest BCUT2D eigenvalue weighted by Gasteiger charge is 2.18. The van der Waals surface area contributed by atoms with Gasteiger partial charge in [0.25, 0.3) is 0 Å². The van der Waals surface area contributed by atoms with Crippen molar-refractivity contribution < 1.29 is 19.4 Å². The van der Waals surface area contributed by atoms with E-state index in [9.17, 15) is 9.90 Å². The van der Waals surface area contributed by atoms with Crippen LogP contribution >= 0.6 is 0 Å². The minimum absolute atomic E-state index is 0.232. The van der Waals surface area contributed by atoms with Gasteiger partial charge >= 0.3 is 5.97 Å². The van der Waals surface area contributed by atoms with E-state index in [0.29, 0.717) is 12.4 Å². The number of aliphatic hydroxyl groups is 1. The van der Waals surface area contributed by atoms with Gasteiger partial charge < -0.3 is 14.6 Å². The quantitative estimate of drug-likeness (QED) is 0.830. The minimum atomic E-state index is -0.391. The molecule has 0 saturated carbocycles. The van der Waals surface area contributed by atoms with Crippen LogP contribution in [0.4, 0.5) is 0 Å². The Hall–Kier alpha value is -1.55. The van der Waals surface area contributed by atoms with Crippen LogP contribution in [0.3, 0.4) is 0 Å². The molecule has 0 aromatic heterocycles. The molecule has 4 nitrogen and oxygen atoms in total. The molecule has 1 atom stereocenters. The highest BCUT2D eigenvalue weighted by Crippen LogP contribution is 2.32. The zero-order valence-electron chi connectivity index (χ0n) is 10.5. The fourth-order valence-corrected chi connectivity index (χ4v) is 2.20. The lowest BCUT2D eigenvalue weighted by molar-refractivity contribution is -0.141. The first kappa shape index (κ1) is 12.9. The predicted octanol–water partition coefficient (Wildman–Crippen LogP) is 2.00. The van der Waals surface area contributed by atoms with E-state index < -0.39 is 6.10 Å². The SMILES string of the molecule is COC(=O)CCOc1ccc2c(c1)[C@@H](O)CCC2. The number of rotatable bonds is 4. The van der Waals surface area contributed by atoms with Gasteiger partial charge in [0, 0.05) is 0 Å². The highest BCUT2D eigenvalue weighted by molar-refractivity contribution is 5.69. The molecule has 1 aromatic rings. The van der Waals surface area contributed by atoms with Gasteiger partial charge in [0.15, 0.2) is 0 Å². The van der Waals surface area contributed by atoms with Gasteiger partial charge in [0.1, 0.15) is 5.75 Å². The van der Waals surface area contributed by atoms with Crippen molar-refractivity contribution in [2.75, 3.05) is 13.7 Å². The van der Waals surface area contributed by atoms with Crippen molar-refractivity contribution in [2.45, 2.75) is 31.8 Å². The Bertz CT molecular complexity index is 428. The molecule has 1 aliphatic rings. The van der Waals surface area contributed by atoms with Crippen molar-refractivity contribution in [1.82, 2.24) is 0 Å². The van der Waals surface area contributed by atoms with Gasteiger partial charge in [-0.3, -0.25) is 4.79 Å². The molecule has 0 bridgehead atoms. The molecule has 0 unspecified atom stereocenters. The van der Waals surface area contributed by atoms with Gasteiger partial charge in [0.05, 0.1) is 26.2 Å². The van der Waals surface area contributed by atoms with E-state index in [4.69, 9.17) is 4.74 Å². The summed E-state index contributed by atoms with van der Waals surface area (Å²) in [6, 6.07) is 5.75. The molecule has 0 amide bonds. The van der Waals surface area contributed by atoms with Crippen LogP contribution in [0.2, 0.25) is 0 Å².